The zero-order valence-corrected chi connectivity index (χ0v) is 29.5. The highest BCUT2D eigenvalue weighted by atomic mass is 16.5. The van der Waals surface area contributed by atoms with Gasteiger partial charge in [-0.15, -0.1) is 0 Å². The van der Waals surface area contributed by atoms with Crippen molar-refractivity contribution in [3.05, 3.63) is 154 Å². The molecule has 6 rings (SSSR count). The maximum Gasteiger partial charge on any atom is 0.336 e. The summed E-state index contributed by atoms with van der Waals surface area (Å²) in [6.07, 6.45) is 0.513. The van der Waals surface area contributed by atoms with Gasteiger partial charge < -0.3 is 25.0 Å². The van der Waals surface area contributed by atoms with Crippen molar-refractivity contribution in [3.8, 4) is 17.2 Å². The molecule has 9 nitrogen and oxygen atoms in total. The Kier molecular flexibility index (Phi) is 9.47. The molecule has 5 aromatic carbocycles. The molecule has 1 aliphatic rings. The van der Waals surface area contributed by atoms with E-state index >= 15 is 0 Å². The smallest absolute Gasteiger partial charge is 0.336 e. The van der Waals surface area contributed by atoms with E-state index in [4.69, 9.17) is 9.47 Å². The van der Waals surface area contributed by atoms with Gasteiger partial charge in [0.15, 0.2) is 5.78 Å². The van der Waals surface area contributed by atoms with Crippen LogP contribution in [0.5, 0.6) is 17.2 Å². The molecule has 0 spiro atoms. The number of methoxy groups -OCH3 is 1. The van der Waals surface area contributed by atoms with Gasteiger partial charge >= 0.3 is 11.9 Å². The number of carboxylic acid groups (broad SMARTS) is 2. The van der Waals surface area contributed by atoms with Crippen LogP contribution in [-0.2, 0) is 10.8 Å². The third kappa shape index (κ3) is 7.03. The van der Waals surface area contributed by atoms with E-state index in [1.807, 2.05) is 68.4 Å². The van der Waals surface area contributed by atoms with E-state index in [0.717, 1.165) is 28.0 Å². The van der Waals surface area contributed by atoms with Gasteiger partial charge in [0, 0.05) is 28.0 Å². The molecular formula is C43H39NO8. The maximum absolute atomic E-state index is 13.6. The number of aromatic carboxylic acids is 2. The molecule has 1 amide bonds. The highest BCUT2D eigenvalue weighted by Gasteiger charge is 2.55. The van der Waals surface area contributed by atoms with Gasteiger partial charge in [-0.2, -0.15) is 0 Å². The number of carboxylic acids is 2. The number of carbonyl (C=O) groups excluding carboxylic acids is 2. The van der Waals surface area contributed by atoms with E-state index in [0.29, 0.717) is 17.9 Å². The highest BCUT2D eigenvalue weighted by molar-refractivity contribution is 6.11. The van der Waals surface area contributed by atoms with Gasteiger partial charge in [-0.25, -0.2) is 9.59 Å². The van der Waals surface area contributed by atoms with Crippen molar-refractivity contribution in [1.29, 1.82) is 0 Å². The summed E-state index contributed by atoms with van der Waals surface area (Å²) in [6.45, 7) is 7.99. The van der Waals surface area contributed by atoms with Gasteiger partial charge in [0.25, 0.3) is 5.91 Å². The Labute approximate surface area is 301 Å². The molecule has 9 heteroatoms. The van der Waals surface area contributed by atoms with Gasteiger partial charge in [-0.3, -0.25) is 9.59 Å². The van der Waals surface area contributed by atoms with E-state index in [-0.39, 0.29) is 39.2 Å². The lowest BCUT2D eigenvalue weighted by Crippen LogP contribution is -2.18. The Morgan fingerprint density at radius 2 is 1.29 bits per heavy atom. The summed E-state index contributed by atoms with van der Waals surface area (Å²) < 4.78 is 11.4. The van der Waals surface area contributed by atoms with Crippen molar-refractivity contribution < 1.29 is 38.9 Å². The molecule has 0 aromatic heterocycles. The monoisotopic (exact) mass is 697 g/mol. The van der Waals surface area contributed by atoms with Crippen LogP contribution in [0.1, 0.15) is 90.9 Å². The summed E-state index contributed by atoms with van der Waals surface area (Å²) in [6, 6.07) is 31.5. The number of amides is 1. The van der Waals surface area contributed by atoms with Crippen LogP contribution in [0.15, 0.2) is 109 Å². The Hall–Kier alpha value is -6.22. The largest absolute Gasteiger partial charge is 0.497 e. The molecule has 52 heavy (non-hydrogen) atoms. The lowest BCUT2D eigenvalue weighted by molar-refractivity contribution is 0.0683. The van der Waals surface area contributed by atoms with Crippen molar-refractivity contribution in [3.63, 3.8) is 0 Å². The van der Waals surface area contributed by atoms with Gasteiger partial charge in [0.05, 0.1) is 23.8 Å². The van der Waals surface area contributed by atoms with Crippen LogP contribution in [-0.4, -0.2) is 41.0 Å². The Balaban J connectivity index is 1.18. The van der Waals surface area contributed by atoms with Gasteiger partial charge in [-0.1, -0.05) is 68.8 Å². The molecule has 2 unspecified atom stereocenters. The van der Waals surface area contributed by atoms with Crippen LogP contribution in [0.3, 0.4) is 0 Å². The van der Waals surface area contributed by atoms with Crippen LogP contribution < -0.4 is 14.8 Å². The molecule has 0 saturated heterocycles. The van der Waals surface area contributed by atoms with Crippen molar-refractivity contribution in [2.45, 2.75) is 44.9 Å². The van der Waals surface area contributed by atoms with Crippen LogP contribution >= 0.6 is 0 Å². The normalized spacial score (nSPS) is 16.4. The average molecular weight is 698 g/mol. The number of anilines is 1. The number of rotatable bonds is 12. The number of ketones is 1. The Bertz CT molecular complexity index is 2200. The molecule has 0 radical (unpaired) electrons. The molecule has 1 aliphatic carbocycles. The molecule has 1 saturated carbocycles. The molecule has 2 atom stereocenters. The number of carbonyl (C=O) groups is 4. The molecular weight excluding hydrogens is 658 g/mol. The molecule has 0 aliphatic heterocycles. The number of benzene rings is 5. The number of hydrogen-bond acceptors (Lipinski definition) is 6. The van der Waals surface area contributed by atoms with Crippen LogP contribution in [0, 0.1) is 12.8 Å². The first-order chi connectivity index (χ1) is 24.7. The quantitative estimate of drug-likeness (QED) is 0.110. The number of aryl methyl sites for hydroxylation is 1. The van der Waals surface area contributed by atoms with Gasteiger partial charge in [0.2, 0.25) is 0 Å². The topological polar surface area (TPSA) is 139 Å². The molecule has 264 valence electrons. The summed E-state index contributed by atoms with van der Waals surface area (Å²) in [4.78, 5) is 51.1. The Morgan fingerprint density at radius 3 is 1.90 bits per heavy atom. The first kappa shape index (κ1) is 35.6. The third-order valence-electron chi connectivity index (χ3n) is 10.1. The number of ether oxygens (including phenoxy) is 2. The van der Waals surface area contributed by atoms with Crippen molar-refractivity contribution >= 4 is 29.3 Å². The number of hydrogen-bond donors (Lipinski definition) is 3. The minimum atomic E-state index is -1.26. The molecule has 0 heterocycles. The summed E-state index contributed by atoms with van der Waals surface area (Å²) in [5.41, 5.74) is 3.18. The maximum atomic E-state index is 13.6. The van der Waals surface area contributed by atoms with Crippen LogP contribution in [0.2, 0.25) is 0 Å². The number of nitrogens with one attached hydrogen (secondary N) is 1. The summed E-state index contributed by atoms with van der Waals surface area (Å²) >= 11 is 0. The second kappa shape index (κ2) is 13.8. The van der Waals surface area contributed by atoms with E-state index in [1.165, 1.54) is 24.3 Å². The molecule has 5 aromatic rings. The van der Waals surface area contributed by atoms with Gasteiger partial charge in [-0.05, 0) is 96.8 Å². The SMILES string of the molecule is COc1ccc(C(C)(C)c2ccc(Oc3ccc(C(=O)O)c(C(=O)Nc4cccc(C5(C)CC5C(=O)c5cc(C)ccc5C(=O)O)c4)c3)cc2)cc1. The van der Waals surface area contributed by atoms with E-state index < -0.39 is 29.2 Å². The minimum Gasteiger partial charge on any atom is -0.497 e. The predicted molar refractivity (Wildman–Crippen MR) is 197 cm³/mol. The summed E-state index contributed by atoms with van der Waals surface area (Å²) in [5, 5.41) is 22.4. The fraction of sp³-hybridized carbons (Fsp3) is 0.209. The lowest BCUT2D eigenvalue weighted by Gasteiger charge is -2.26. The van der Waals surface area contributed by atoms with Crippen molar-refractivity contribution in [2.24, 2.45) is 5.92 Å². The zero-order valence-electron chi connectivity index (χ0n) is 29.5. The number of Topliss-reactive ketones (excluding diaryl/α,β-unsaturated/α-hetero) is 1. The molecule has 3 N–H and O–H groups in total. The first-order valence-electron chi connectivity index (χ1n) is 16.8. The Morgan fingerprint density at radius 1 is 0.712 bits per heavy atom. The third-order valence-corrected chi connectivity index (χ3v) is 10.1. The zero-order chi connectivity index (χ0) is 37.4. The molecule has 1 fully saturated rings. The summed E-state index contributed by atoms with van der Waals surface area (Å²) in [5.74, 6) is -2.16. The fourth-order valence-electron chi connectivity index (χ4n) is 6.66. The predicted octanol–water partition coefficient (Wildman–Crippen LogP) is 8.93. The highest BCUT2D eigenvalue weighted by Crippen LogP contribution is 2.56. The van der Waals surface area contributed by atoms with Crippen molar-refractivity contribution in [1.82, 2.24) is 0 Å². The van der Waals surface area contributed by atoms with E-state index in [9.17, 15) is 29.4 Å². The fourth-order valence-corrected chi connectivity index (χ4v) is 6.66. The van der Waals surface area contributed by atoms with E-state index in [2.05, 4.69) is 19.2 Å². The lowest BCUT2D eigenvalue weighted by atomic mass is 9.78. The summed E-state index contributed by atoms with van der Waals surface area (Å²) in [7, 11) is 1.63. The van der Waals surface area contributed by atoms with Crippen LogP contribution in [0.25, 0.3) is 0 Å². The second-order valence-electron chi connectivity index (χ2n) is 13.9. The standard InChI is InChI=1S/C43H39NO8/c1-25-9-19-33(40(47)48)35(21-25)38(45)37-24-43(37,4)28-7-6-8-29(22-28)44-39(46)36-23-32(18-20-34(36)41(49)50)52-31-16-12-27(13-17-31)42(2,3)26-10-14-30(51-5)15-11-26/h6-23,37H,24H2,1-5H3,(H,44,46)(H,47,48)(H,49,50). The van der Waals surface area contributed by atoms with Gasteiger partial charge in [0.1, 0.15) is 17.2 Å². The van der Waals surface area contributed by atoms with E-state index in [1.54, 1.807) is 37.4 Å². The molecule has 0 bridgehead atoms. The average Bonchev–Trinajstić information content (AvgIpc) is 3.83. The second-order valence-corrected chi connectivity index (χ2v) is 13.9. The first-order valence-corrected chi connectivity index (χ1v) is 16.8. The van der Waals surface area contributed by atoms with Crippen molar-refractivity contribution in [2.75, 3.05) is 12.4 Å². The van der Waals surface area contributed by atoms with Crippen LogP contribution in [0.4, 0.5) is 5.69 Å². The minimum absolute atomic E-state index is 0.0306.